The second-order valence-electron chi connectivity index (χ2n) is 17.5. The number of phosphoric acid groups is 1. The van der Waals surface area contributed by atoms with Gasteiger partial charge in [0, 0.05) is 13.0 Å². The van der Waals surface area contributed by atoms with Gasteiger partial charge in [0.05, 0.1) is 34.4 Å². The van der Waals surface area contributed by atoms with E-state index in [1.807, 2.05) is 21.1 Å². The van der Waals surface area contributed by atoms with Gasteiger partial charge < -0.3 is 18.9 Å². The molecule has 2 unspecified atom stereocenters. The number of likely N-dealkylation sites (N-methyl/N-ethyl adjacent to an activating group) is 1. The van der Waals surface area contributed by atoms with Crippen molar-refractivity contribution in [1.82, 2.24) is 0 Å². The van der Waals surface area contributed by atoms with Gasteiger partial charge in [-0.2, -0.15) is 0 Å². The standard InChI is InChI=1S/C54H94NO7P/c1-6-8-10-12-14-16-18-20-22-24-25-26-27-28-29-30-31-32-33-35-37-39-41-43-45-47-54(56)62-53(52-61-63(57,58)60-50-48-55(3,4)5)51-59-49-46-44-42-40-38-36-34-23-21-19-17-15-13-11-9-7-2/h8,10,14,16,20-23,25-26,28-29,31-32,35,37,53H,6-7,9,11-13,15,17-19,24,27,30,33-34,36,38-52H2,1-5H3/p+1/b10-8-,16-14-,22-20-,23-21-,26-25-,29-28-,32-31-,37-35-. The second kappa shape index (κ2) is 46.0. The number of allylic oxidation sites excluding steroid dienone is 16. The van der Waals surface area contributed by atoms with Crippen molar-refractivity contribution in [2.75, 3.05) is 54.1 Å². The van der Waals surface area contributed by atoms with Gasteiger partial charge >= 0.3 is 13.8 Å². The first-order valence-corrected chi connectivity index (χ1v) is 26.5. The van der Waals surface area contributed by atoms with Crippen molar-refractivity contribution < 1.29 is 37.3 Å². The van der Waals surface area contributed by atoms with Gasteiger partial charge in [-0.15, -0.1) is 0 Å². The fourth-order valence-corrected chi connectivity index (χ4v) is 7.03. The Hall–Kier alpha value is -2.58. The van der Waals surface area contributed by atoms with Gasteiger partial charge in [-0.25, -0.2) is 4.57 Å². The minimum absolute atomic E-state index is 0.0753. The Morgan fingerprint density at radius 2 is 0.921 bits per heavy atom. The molecule has 0 heterocycles. The zero-order valence-corrected chi connectivity index (χ0v) is 41.9. The van der Waals surface area contributed by atoms with E-state index < -0.39 is 13.9 Å². The van der Waals surface area contributed by atoms with E-state index in [4.69, 9.17) is 18.5 Å². The van der Waals surface area contributed by atoms with Crippen LogP contribution in [-0.2, 0) is 27.9 Å². The number of hydrogen-bond acceptors (Lipinski definition) is 6. The largest absolute Gasteiger partial charge is 0.472 e. The average Bonchev–Trinajstić information content (AvgIpc) is 3.24. The van der Waals surface area contributed by atoms with E-state index in [-0.39, 0.29) is 32.2 Å². The summed E-state index contributed by atoms with van der Waals surface area (Å²) in [5.41, 5.74) is 0. The number of ether oxygens (including phenoxy) is 2. The van der Waals surface area contributed by atoms with Crippen LogP contribution in [0.2, 0.25) is 0 Å². The predicted molar refractivity (Wildman–Crippen MR) is 270 cm³/mol. The summed E-state index contributed by atoms with van der Waals surface area (Å²) in [6.07, 6.45) is 63.1. The van der Waals surface area contributed by atoms with Crippen molar-refractivity contribution in [3.05, 3.63) is 97.2 Å². The van der Waals surface area contributed by atoms with Crippen LogP contribution in [-0.4, -0.2) is 75.6 Å². The van der Waals surface area contributed by atoms with Crippen molar-refractivity contribution >= 4 is 13.8 Å². The Labute approximate surface area is 387 Å². The van der Waals surface area contributed by atoms with E-state index in [1.165, 1.54) is 77.0 Å². The lowest BCUT2D eigenvalue weighted by atomic mass is 10.1. The molecule has 9 heteroatoms. The maximum Gasteiger partial charge on any atom is 0.472 e. The van der Waals surface area contributed by atoms with E-state index in [2.05, 4.69) is 111 Å². The quantitative estimate of drug-likeness (QED) is 0.0214. The SMILES string of the molecule is CC/C=C\C/C=C\C/C=C\C/C=C\C/C=C\C/C=C\C/C=C\CCCCCC(=O)OC(COCCCCCCCC/C=C\CCCCCCCC)COP(=O)(O)OCC[N+](C)(C)C. The molecule has 0 aromatic rings. The summed E-state index contributed by atoms with van der Waals surface area (Å²) in [6, 6.07) is 0. The van der Waals surface area contributed by atoms with Crippen molar-refractivity contribution in [3.63, 3.8) is 0 Å². The molecule has 63 heavy (non-hydrogen) atoms. The van der Waals surface area contributed by atoms with E-state index in [0.717, 1.165) is 83.5 Å². The molecule has 0 fully saturated rings. The van der Waals surface area contributed by atoms with Crippen LogP contribution in [0.4, 0.5) is 0 Å². The minimum Gasteiger partial charge on any atom is -0.457 e. The molecule has 0 saturated carbocycles. The molecule has 0 aromatic heterocycles. The highest BCUT2D eigenvalue weighted by atomic mass is 31.2. The molecule has 1 N–H and O–H groups in total. The maximum atomic E-state index is 12.7. The van der Waals surface area contributed by atoms with Gasteiger partial charge in [0.25, 0.3) is 0 Å². The highest BCUT2D eigenvalue weighted by Gasteiger charge is 2.26. The molecule has 0 bridgehead atoms. The first kappa shape index (κ1) is 60.4. The molecule has 0 saturated heterocycles. The number of unbranched alkanes of at least 4 members (excludes halogenated alkanes) is 15. The van der Waals surface area contributed by atoms with Crippen molar-refractivity contribution in [3.8, 4) is 0 Å². The number of quaternary nitrogens is 1. The molecule has 0 amide bonds. The Bertz CT molecular complexity index is 1320. The average molecular weight is 901 g/mol. The molecule has 0 spiro atoms. The normalized spacial score (nSPS) is 14.4. The van der Waals surface area contributed by atoms with Crippen LogP contribution < -0.4 is 0 Å². The van der Waals surface area contributed by atoms with Gasteiger partial charge in [-0.05, 0) is 96.3 Å². The third kappa shape index (κ3) is 50.3. The highest BCUT2D eigenvalue weighted by molar-refractivity contribution is 7.47. The smallest absolute Gasteiger partial charge is 0.457 e. The topological polar surface area (TPSA) is 91.3 Å². The van der Waals surface area contributed by atoms with Gasteiger partial charge in [-0.1, -0.05) is 175 Å². The molecule has 0 aliphatic rings. The highest BCUT2D eigenvalue weighted by Crippen LogP contribution is 2.43. The fraction of sp³-hybridized carbons (Fsp3) is 0.685. The summed E-state index contributed by atoms with van der Waals surface area (Å²) in [6.45, 7) is 5.43. The predicted octanol–water partition coefficient (Wildman–Crippen LogP) is 15.4. The van der Waals surface area contributed by atoms with Crippen molar-refractivity contribution in [2.45, 2.75) is 187 Å². The molecular formula is C54H95NO7P+. The molecule has 362 valence electrons. The summed E-state index contributed by atoms with van der Waals surface area (Å²) in [4.78, 5) is 23.0. The first-order valence-electron chi connectivity index (χ1n) is 25.0. The van der Waals surface area contributed by atoms with Crippen LogP contribution in [0, 0.1) is 0 Å². The molecule has 0 aliphatic heterocycles. The lowest BCUT2D eigenvalue weighted by molar-refractivity contribution is -0.870. The number of nitrogens with zero attached hydrogens (tertiary/aromatic N) is 1. The summed E-state index contributed by atoms with van der Waals surface area (Å²) in [5.74, 6) is -0.351. The first-order chi connectivity index (χ1) is 30.6. The second-order valence-corrected chi connectivity index (χ2v) is 18.9. The van der Waals surface area contributed by atoms with Gasteiger partial charge in [-0.3, -0.25) is 13.8 Å². The van der Waals surface area contributed by atoms with Crippen LogP contribution in [0.25, 0.3) is 0 Å². The maximum absolute atomic E-state index is 12.7. The Morgan fingerprint density at radius 3 is 1.40 bits per heavy atom. The van der Waals surface area contributed by atoms with Crippen LogP contribution in [0.3, 0.4) is 0 Å². The molecule has 0 radical (unpaired) electrons. The summed E-state index contributed by atoms with van der Waals surface area (Å²) < 4.78 is 35.1. The number of carbonyl (C=O) groups excluding carboxylic acids is 1. The zero-order valence-electron chi connectivity index (χ0n) is 41.0. The van der Waals surface area contributed by atoms with Crippen LogP contribution in [0.15, 0.2) is 97.2 Å². The number of rotatable bonds is 45. The Kier molecular flexibility index (Phi) is 44.1. The van der Waals surface area contributed by atoms with Crippen LogP contribution in [0.1, 0.15) is 181 Å². The number of hydrogen-bond donors (Lipinski definition) is 1. The summed E-state index contributed by atoms with van der Waals surface area (Å²) in [7, 11) is 1.63. The van der Waals surface area contributed by atoms with E-state index in [9.17, 15) is 14.3 Å². The molecule has 2 atom stereocenters. The van der Waals surface area contributed by atoms with Crippen LogP contribution >= 0.6 is 7.82 Å². The third-order valence-electron chi connectivity index (χ3n) is 10.1. The molecule has 0 rings (SSSR count). The van der Waals surface area contributed by atoms with Gasteiger partial charge in [0.15, 0.2) is 0 Å². The van der Waals surface area contributed by atoms with E-state index in [0.29, 0.717) is 17.6 Å². The Morgan fingerprint density at radius 1 is 0.508 bits per heavy atom. The van der Waals surface area contributed by atoms with Crippen molar-refractivity contribution in [2.24, 2.45) is 0 Å². The number of esters is 1. The molecular weight excluding hydrogens is 806 g/mol. The molecule has 0 aromatic carbocycles. The summed E-state index contributed by atoms with van der Waals surface area (Å²) >= 11 is 0. The zero-order chi connectivity index (χ0) is 46.2. The van der Waals surface area contributed by atoms with Crippen molar-refractivity contribution in [1.29, 1.82) is 0 Å². The Balaban J connectivity index is 4.28. The van der Waals surface area contributed by atoms with E-state index in [1.54, 1.807) is 0 Å². The molecule has 8 nitrogen and oxygen atoms in total. The number of carbonyl (C=O) groups is 1. The monoisotopic (exact) mass is 901 g/mol. The van der Waals surface area contributed by atoms with E-state index >= 15 is 0 Å². The number of phosphoric ester groups is 1. The lowest BCUT2D eigenvalue weighted by Gasteiger charge is -2.24. The van der Waals surface area contributed by atoms with Gasteiger partial charge in [0.2, 0.25) is 0 Å². The summed E-state index contributed by atoms with van der Waals surface area (Å²) in [5, 5.41) is 0. The molecule has 0 aliphatic carbocycles. The third-order valence-corrected chi connectivity index (χ3v) is 11.1. The minimum atomic E-state index is -4.30. The van der Waals surface area contributed by atoms with Gasteiger partial charge in [0.1, 0.15) is 19.3 Å². The van der Waals surface area contributed by atoms with Crippen LogP contribution in [0.5, 0.6) is 0 Å². The fourth-order valence-electron chi connectivity index (χ4n) is 6.29. The lowest BCUT2D eigenvalue weighted by Crippen LogP contribution is -2.37.